The molecule has 0 fully saturated rings. The highest BCUT2D eigenvalue weighted by molar-refractivity contribution is 5.58. The van der Waals surface area contributed by atoms with E-state index in [0.717, 1.165) is 17.8 Å². The summed E-state index contributed by atoms with van der Waals surface area (Å²) in [6, 6.07) is 2.24. The molecule has 0 unspecified atom stereocenters. The third-order valence-electron chi connectivity index (χ3n) is 2.19. The highest BCUT2D eigenvalue weighted by Gasteiger charge is 2.15. The average Bonchev–Trinajstić information content (AvgIpc) is 2.63. The summed E-state index contributed by atoms with van der Waals surface area (Å²) in [6.45, 7) is 1.76. The van der Waals surface area contributed by atoms with Crippen molar-refractivity contribution in [2.45, 2.75) is 6.92 Å². The Labute approximate surface area is 91.1 Å². The highest BCUT2D eigenvalue weighted by atomic mass is 19.1. The Hall–Kier alpha value is -1.91. The van der Waals surface area contributed by atoms with Crippen molar-refractivity contribution in [3.8, 4) is 17.1 Å². The van der Waals surface area contributed by atoms with Gasteiger partial charge in [-0.25, -0.2) is 13.8 Å². The van der Waals surface area contributed by atoms with Crippen molar-refractivity contribution in [3.05, 3.63) is 35.7 Å². The maximum absolute atomic E-state index is 13.6. The molecule has 0 aliphatic rings. The van der Waals surface area contributed by atoms with Crippen LogP contribution in [0.1, 0.15) is 5.69 Å². The fourth-order valence-corrected chi connectivity index (χ4v) is 1.43. The van der Waals surface area contributed by atoms with Gasteiger partial charge in [-0.2, -0.15) is 0 Å². The summed E-state index contributed by atoms with van der Waals surface area (Å²) < 4.78 is 32.0. The predicted molar refractivity (Wildman–Crippen MR) is 55.2 cm³/mol. The third kappa shape index (κ3) is 1.76. The Bertz CT molecular complexity index is 499. The van der Waals surface area contributed by atoms with Crippen LogP contribution in [0.4, 0.5) is 8.78 Å². The van der Waals surface area contributed by atoms with Crippen molar-refractivity contribution in [2.24, 2.45) is 0 Å². The number of nitrogens with one attached hydrogen (secondary N) is 1. The van der Waals surface area contributed by atoms with Crippen molar-refractivity contribution >= 4 is 0 Å². The second kappa shape index (κ2) is 3.92. The number of H-pyrrole nitrogens is 1. The van der Waals surface area contributed by atoms with Crippen LogP contribution in [0.3, 0.4) is 0 Å². The van der Waals surface area contributed by atoms with Crippen molar-refractivity contribution in [1.82, 2.24) is 9.97 Å². The van der Waals surface area contributed by atoms with Gasteiger partial charge < -0.3 is 9.72 Å². The summed E-state index contributed by atoms with van der Waals surface area (Å²) in [5.41, 5.74) is 0.568. The Morgan fingerprint density at radius 3 is 2.31 bits per heavy atom. The molecule has 0 amide bonds. The van der Waals surface area contributed by atoms with E-state index in [2.05, 4.69) is 9.97 Å². The van der Waals surface area contributed by atoms with Crippen molar-refractivity contribution in [2.75, 3.05) is 7.11 Å². The molecule has 0 bridgehead atoms. The first-order chi connectivity index (χ1) is 7.61. The Morgan fingerprint density at radius 2 is 1.88 bits per heavy atom. The van der Waals surface area contributed by atoms with Gasteiger partial charge in [0.15, 0.2) is 0 Å². The zero-order valence-corrected chi connectivity index (χ0v) is 8.84. The number of hydrogen-bond acceptors (Lipinski definition) is 2. The minimum Gasteiger partial charge on any atom is -0.497 e. The lowest BCUT2D eigenvalue weighted by Crippen LogP contribution is -1.94. The van der Waals surface area contributed by atoms with Gasteiger partial charge in [-0.15, -0.1) is 0 Å². The van der Waals surface area contributed by atoms with Gasteiger partial charge in [0, 0.05) is 24.0 Å². The van der Waals surface area contributed by atoms with Crippen molar-refractivity contribution < 1.29 is 13.5 Å². The van der Waals surface area contributed by atoms with Crippen LogP contribution in [0.15, 0.2) is 18.3 Å². The number of aryl methyl sites for hydroxylation is 1. The summed E-state index contributed by atoms with van der Waals surface area (Å²) in [7, 11) is 1.35. The number of ether oxygens (including phenoxy) is 1. The number of benzene rings is 1. The third-order valence-corrected chi connectivity index (χ3v) is 2.19. The second-order valence-electron chi connectivity index (χ2n) is 3.38. The van der Waals surface area contributed by atoms with Crippen LogP contribution >= 0.6 is 0 Å². The highest BCUT2D eigenvalue weighted by Crippen LogP contribution is 2.27. The lowest BCUT2D eigenvalue weighted by molar-refractivity contribution is 0.407. The fraction of sp³-hybridized carbons (Fsp3) is 0.182. The van der Waals surface area contributed by atoms with E-state index in [4.69, 9.17) is 4.74 Å². The minimum absolute atomic E-state index is 0.141. The monoisotopic (exact) mass is 224 g/mol. The van der Waals surface area contributed by atoms with Gasteiger partial charge in [-0.05, 0) is 6.92 Å². The minimum atomic E-state index is -0.703. The van der Waals surface area contributed by atoms with Crippen LogP contribution in [0.25, 0.3) is 11.4 Å². The molecule has 2 aromatic rings. The molecule has 84 valence electrons. The molecule has 0 spiro atoms. The van der Waals surface area contributed by atoms with E-state index in [9.17, 15) is 8.78 Å². The molecule has 1 N–H and O–H groups in total. The number of aromatic amines is 1. The molecular formula is C11H10F2N2O. The zero-order chi connectivity index (χ0) is 11.7. The van der Waals surface area contributed by atoms with E-state index >= 15 is 0 Å². The molecule has 0 atom stereocenters. The standard InChI is InChI=1S/C11H10F2N2O/c1-6-5-14-11(15-6)10-8(12)3-7(16-2)4-9(10)13/h3-5H,1-2H3,(H,14,15). The number of imidazole rings is 1. The maximum atomic E-state index is 13.6. The van der Waals surface area contributed by atoms with E-state index in [1.807, 2.05) is 0 Å². The molecule has 0 aliphatic heterocycles. The number of nitrogens with zero attached hydrogens (tertiary/aromatic N) is 1. The first-order valence-electron chi connectivity index (χ1n) is 4.67. The lowest BCUT2D eigenvalue weighted by Gasteiger charge is -2.05. The lowest BCUT2D eigenvalue weighted by atomic mass is 10.2. The molecule has 1 heterocycles. The molecule has 0 saturated heterocycles. The van der Waals surface area contributed by atoms with Gasteiger partial charge in [-0.3, -0.25) is 0 Å². The number of hydrogen-bond donors (Lipinski definition) is 1. The fourth-order valence-electron chi connectivity index (χ4n) is 1.43. The maximum Gasteiger partial charge on any atom is 0.143 e. The number of methoxy groups -OCH3 is 1. The van der Waals surface area contributed by atoms with Gasteiger partial charge in [-0.1, -0.05) is 0 Å². The first kappa shape index (κ1) is 10.6. The second-order valence-corrected chi connectivity index (χ2v) is 3.38. The van der Waals surface area contributed by atoms with Crippen LogP contribution in [0.2, 0.25) is 0 Å². The van der Waals surface area contributed by atoms with Crippen LogP contribution in [0.5, 0.6) is 5.75 Å². The molecule has 0 aliphatic carbocycles. The summed E-state index contributed by atoms with van der Waals surface area (Å²) in [4.78, 5) is 6.67. The molecule has 0 radical (unpaired) electrons. The topological polar surface area (TPSA) is 37.9 Å². The summed E-state index contributed by atoms with van der Waals surface area (Å²) in [5, 5.41) is 0. The van der Waals surface area contributed by atoms with Crippen LogP contribution in [-0.4, -0.2) is 17.1 Å². The smallest absolute Gasteiger partial charge is 0.143 e. The van der Waals surface area contributed by atoms with Gasteiger partial charge in [0.2, 0.25) is 0 Å². The van der Waals surface area contributed by atoms with Crippen molar-refractivity contribution in [1.29, 1.82) is 0 Å². The van der Waals surface area contributed by atoms with Crippen LogP contribution in [0, 0.1) is 18.6 Å². The summed E-state index contributed by atoms with van der Waals surface area (Å²) in [5.74, 6) is -1.09. The van der Waals surface area contributed by atoms with Crippen LogP contribution in [-0.2, 0) is 0 Å². The first-order valence-corrected chi connectivity index (χ1v) is 4.67. The number of aromatic nitrogens is 2. The number of halogens is 2. The SMILES string of the molecule is COc1cc(F)c(-c2ncc(C)[nH]2)c(F)c1. The Kier molecular flexibility index (Phi) is 2.60. The molecule has 2 rings (SSSR count). The predicted octanol–water partition coefficient (Wildman–Crippen LogP) is 2.67. The normalized spacial score (nSPS) is 10.5. The molecule has 1 aromatic carbocycles. The van der Waals surface area contributed by atoms with Crippen LogP contribution < -0.4 is 4.74 Å². The van der Waals surface area contributed by atoms with E-state index in [1.54, 1.807) is 6.92 Å². The van der Waals surface area contributed by atoms with E-state index in [-0.39, 0.29) is 17.1 Å². The summed E-state index contributed by atoms with van der Waals surface area (Å²) in [6.07, 6.45) is 1.51. The molecule has 5 heteroatoms. The van der Waals surface area contributed by atoms with Gasteiger partial charge in [0.1, 0.15) is 23.2 Å². The molecular weight excluding hydrogens is 214 g/mol. The molecule has 3 nitrogen and oxygen atoms in total. The summed E-state index contributed by atoms with van der Waals surface area (Å²) >= 11 is 0. The zero-order valence-electron chi connectivity index (χ0n) is 8.84. The Morgan fingerprint density at radius 1 is 1.25 bits per heavy atom. The van der Waals surface area contributed by atoms with Gasteiger partial charge >= 0.3 is 0 Å². The van der Waals surface area contributed by atoms with Gasteiger partial charge in [0.25, 0.3) is 0 Å². The van der Waals surface area contributed by atoms with Crippen molar-refractivity contribution in [3.63, 3.8) is 0 Å². The van der Waals surface area contributed by atoms with Gasteiger partial charge in [0.05, 0.1) is 12.7 Å². The average molecular weight is 224 g/mol. The van der Waals surface area contributed by atoms with E-state index < -0.39 is 11.6 Å². The molecule has 16 heavy (non-hydrogen) atoms. The number of rotatable bonds is 2. The molecule has 1 aromatic heterocycles. The molecule has 0 saturated carbocycles. The van der Waals surface area contributed by atoms with E-state index in [1.165, 1.54) is 13.3 Å². The largest absolute Gasteiger partial charge is 0.497 e. The Balaban J connectivity index is 2.57. The van der Waals surface area contributed by atoms with E-state index in [0.29, 0.717) is 0 Å². The quantitative estimate of drug-likeness (QED) is 0.851.